The molecular formula is C40H49NO4P+. The van der Waals surface area contributed by atoms with Gasteiger partial charge in [-0.1, -0.05) is 86.7 Å². The number of rotatable bonds is 19. The molecule has 4 rings (SSSR count). The molecule has 0 aliphatic heterocycles. The van der Waals surface area contributed by atoms with Gasteiger partial charge < -0.3 is 19.5 Å². The molecule has 0 unspecified atom stereocenters. The minimum Gasteiger partial charge on any atom is -0.493 e. The maximum Gasteiger partial charge on any atom is 0.243 e. The van der Waals surface area contributed by atoms with Crippen molar-refractivity contribution in [2.75, 3.05) is 34.0 Å². The van der Waals surface area contributed by atoms with E-state index in [0.29, 0.717) is 23.8 Å². The van der Waals surface area contributed by atoms with Gasteiger partial charge in [-0.05, 0) is 79.4 Å². The van der Waals surface area contributed by atoms with Crippen LogP contribution in [0.25, 0.3) is 6.08 Å². The van der Waals surface area contributed by atoms with Crippen LogP contribution in [0.3, 0.4) is 0 Å². The number of benzene rings is 4. The molecule has 0 aromatic heterocycles. The zero-order chi connectivity index (χ0) is 32.5. The summed E-state index contributed by atoms with van der Waals surface area (Å²) in [5.41, 5.74) is 0.803. The van der Waals surface area contributed by atoms with Gasteiger partial charge in [-0.2, -0.15) is 0 Å². The summed E-state index contributed by atoms with van der Waals surface area (Å²) in [6.45, 7) is 0.683. The van der Waals surface area contributed by atoms with Gasteiger partial charge in [0, 0.05) is 12.6 Å². The third-order valence-electron chi connectivity index (χ3n) is 8.42. The van der Waals surface area contributed by atoms with Gasteiger partial charge in [-0.15, -0.1) is 0 Å². The maximum absolute atomic E-state index is 12.3. The Morgan fingerprint density at radius 3 is 1.48 bits per heavy atom. The van der Waals surface area contributed by atoms with Crippen LogP contribution in [0.4, 0.5) is 0 Å². The average Bonchev–Trinajstić information content (AvgIpc) is 3.12. The molecule has 0 fully saturated rings. The van der Waals surface area contributed by atoms with Crippen LogP contribution >= 0.6 is 7.26 Å². The molecule has 0 saturated heterocycles. The Labute approximate surface area is 276 Å². The maximum atomic E-state index is 12.3. The number of hydrogen-bond acceptors (Lipinski definition) is 4. The van der Waals surface area contributed by atoms with Crippen molar-refractivity contribution in [3.05, 3.63) is 115 Å². The van der Waals surface area contributed by atoms with E-state index < -0.39 is 7.26 Å². The highest BCUT2D eigenvalue weighted by molar-refractivity contribution is 7.95. The molecule has 46 heavy (non-hydrogen) atoms. The van der Waals surface area contributed by atoms with Crippen LogP contribution in [0.15, 0.2) is 109 Å². The summed E-state index contributed by atoms with van der Waals surface area (Å²) in [5.74, 6) is 1.55. The summed E-state index contributed by atoms with van der Waals surface area (Å²) in [6.07, 6.45) is 14.1. The Kier molecular flexibility index (Phi) is 14.2. The van der Waals surface area contributed by atoms with Gasteiger partial charge in [0.2, 0.25) is 11.7 Å². The van der Waals surface area contributed by atoms with Crippen molar-refractivity contribution in [2.24, 2.45) is 0 Å². The summed E-state index contributed by atoms with van der Waals surface area (Å²) < 4.78 is 16.1. The summed E-state index contributed by atoms with van der Waals surface area (Å²) >= 11 is 0. The van der Waals surface area contributed by atoms with E-state index in [1.165, 1.54) is 60.6 Å². The lowest BCUT2D eigenvalue weighted by Gasteiger charge is -2.27. The molecule has 4 aromatic rings. The van der Waals surface area contributed by atoms with E-state index in [2.05, 4.69) is 96.3 Å². The largest absolute Gasteiger partial charge is 0.493 e. The van der Waals surface area contributed by atoms with Crippen LogP contribution < -0.4 is 35.4 Å². The second-order valence-corrected chi connectivity index (χ2v) is 15.1. The van der Waals surface area contributed by atoms with Crippen molar-refractivity contribution in [2.45, 2.75) is 51.4 Å². The second-order valence-electron chi connectivity index (χ2n) is 11.5. The Morgan fingerprint density at radius 1 is 0.609 bits per heavy atom. The van der Waals surface area contributed by atoms with Crippen LogP contribution in [0, 0.1) is 0 Å². The van der Waals surface area contributed by atoms with Crippen molar-refractivity contribution >= 4 is 35.2 Å². The van der Waals surface area contributed by atoms with Gasteiger partial charge in [0.05, 0.1) is 27.5 Å². The van der Waals surface area contributed by atoms with E-state index in [4.69, 9.17) is 14.2 Å². The number of methoxy groups -OCH3 is 3. The van der Waals surface area contributed by atoms with E-state index in [0.717, 1.165) is 18.4 Å². The van der Waals surface area contributed by atoms with Crippen LogP contribution in [0.5, 0.6) is 17.2 Å². The molecule has 0 bridgehead atoms. The van der Waals surface area contributed by atoms with E-state index >= 15 is 0 Å². The molecule has 4 aromatic carbocycles. The summed E-state index contributed by atoms with van der Waals surface area (Å²) in [7, 11) is 3.00. The first-order chi connectivity index (χ1) is 22.6. The SMILES string of the molecule is COc1cc(C=CC(=O)NCCCCCCCCCC[P+](c2ccccc2)(c2ccccc2)c2ccccc2)cc(OC)c1OC. The highest BCUT2D eigenvalue weighted by Gasteiger charge is 2.44. The first-order valence-electron chi connectivity index (χ1n) is 16.4. The molecule has 0 atom stereocenters. The summed E-state index contributed by atoms with van der Waals surface area (Å²) in [6, 6.07) is 37.2. The highest BCUT2D eigenvalue weighted by Crippen LogP contribution is 2.56. The predicted octanol–water partition coefficient (Wildman–Crippen LogP) is 7.96. The second kappa shape index (κ2) is 18.8. The zero-order valence-corrected chi connectivity index (χ0v) is 28.5. The predicted molar refractivity (Wildman–Crippen MR) is 195 cm³/mol. The van der Waals surface area contributed by atoms with Crippen LogP contribution in [-0.4, -0.2) is 39.9 Å². The number of unbranched alkanes of at least 4 members (excludes halogenated alkanes) is 7. The van der Waals surface area contributed by atoms with E-state index in [1.807, 2.05) is 12.1 Å². The molecular weight excluding hydrogens is 589 g/mol. The van der Waals surface area contributed by atoms with Gasteiger partial charge in [0.15, 0.2) is 11.5 Å². The standard InChI is InChI=1S/C40H48NO4P/c1-43-37-31-33(32-38(44-2)40(37)45-3)27-28-39(42)41-29-19-8-6-4-5-7-9-20-30-46(34-21-13-10-14-22-34,35-23-15-11-16-24-35)36-25-17-12-18-26-36/h10-18,21-28,31-32H,4-9,19-20,29-30H2,1-3H3/p+1. The molecule has 6 heteroatoms. The Morgan fingerprint density at radius 2 is 1.04 bits per heavy atom. The molecule has 1 N–H and O–H groups in total. The minimum atomic E-state index is -1.72. The molecule has 242 valence electrons. The molecule has 0 radical (unpaired) electrons. The Hall–Kier alpha value is -4.08. The van der Waals surface area contributed by atoms with E-state index in [9.17, 15) is 4.79 Å². The summed E-state index contributed by atoms with van der Waals surface area (Å²) in [5, 5.41) is 7.40. The Bertz CT molecular complexity index is 1370. The van der Waals surface area contributed by atoms with Crippen LogP contribution in [-0.2, 0) is 4.79 Å². The van der Waals surface area contributed by atoms with Crippen molar-refractivity contribution in [1.82, 2.24) is 5.32 Å². The Balaban J connectivity index is 1.17. The molecule has 5 nitrogen and oxygen atoms in total. The topological polar surface area (TPSA) is 56.8 Å². The van der Waals surface area contributed by atoms with Crippen molar-refractivity contribution in [1.29, 1.82) is 0 Å². The average molecular weight is 639 g/mol. The number of ether oxygens (including phenoxy) is 3. The van der Waals surface area contributed by atoms with Gasteiger partial charge in [-0.25, -0.2) is 0 Å². The van der Waals surface area contributed by atoms with Crippen molar-refractivity contribution in [3.8, 4) is 17.2 Å². The molecule has 1 amide bonds. The van der Waals surface area contributed by atoms with Crippen LogP contribution in [0.1, 0.15) is 56.9 Å². The number of carbonyl (C=O) groups is 1. The summed E-state index contributed by atoms with van der Waals surface area (Å²) in [4.78, 5) is 12.3. The molecule has 0 aliphatic carbocycles. The van der Waals surface area contributed by atoms with Crippen LogP contribution in [0.2, 0.25) is 0 Å². The van der Waals surface area contributed by atoms with Gasteiger partial charge in [-0.3, -0.25) is 4.79 Å². The van der Waals surface area contributed by atoms with E-state index in [-0.39, 0.29) is 5.91 Å². The third kappa shape index (κ3) is 9.47. The number of amides is 1. The van der Waals surface area contributed by atoms with Gasteiger partial charge in [0.1, 0.15) is 23.2 Å². The smallest absolute Gasteiger partial charge is 0.243 e. The number of carbonyl (C=O) groups excluding carboxylic acids is 1. The molecule has 0 saturated carbocycles. The minimum absolute atomic E-state index is 0.103. The quantitative estimate of drug-likeness (QED) is 0.0644. The fraction of sp³-hybridized carbons (Fsp3) is 0.325. The fourth-order valence-corrected chi connectivity index (χ4v) is 10.5. The lowest BCUT2D eigenvalue weighted by molar-refractivity contribution is -0.116. The fourth-order valence-electron chi connectivity index (χ4n) is 6.06. The van der Waals surface area contributed by atoms with Gasteiger partial charge >= 0.3 is 0 Å². The molecule has 0 aliphatic rings. The lowest BCUT2D eigenvalue weighted by atomic mass is 10.1. The number of hydrogen-bond donors (Lipinski definition) is 1. The normalized spacial score (nSPS) is 11.4. The molecule has 0 spiro atoms. The van der Waals surface area contributed by atoms with Gasteiger partial charge in [0.25, 0.3) is 0 Å². The first kappa shape index (κ1) is 34.8. The third-order valence-corrected chi connectivity index (χ3v) is 13.0. The lowest BCUT2D eigenvalue weighted by Crippen LogP contribution is -2.33. The molecule has 0 heterocycles. The monoisotopic (exact) mass is 638 g/mol. The first-order valence-corrected chi connectivity index (χ1v) is 18.4. The van der Waals surface area contributed by atoms with Crippen molar-refractivity contribution in [3.63, 3.8) is 0 Å². The number of nitrogens with one attached hydrogen (secondary N) is 1. The zero-order valence-electron chi connectivity index (χ0n) is 27.6. The highest BCUT2D eigenvalue weighted by atomic mass is 31.2. The van der Waals surface area contributed by atoms with Crippen molar-refractivity contribution < 1.29 is 19.0 Å². The van der Waals surface area contributed by atoms with E-state index in [1.54, 1.807) is 33.5 Å².